The molecule has 0 aliphatic carbocycles. The van der Waals surface area contributed by atoms with E-state index in [1.165, 1.54) is 0 Å². The van der Waals surface area contributed by atoms with E-state index >= 15 is 0 Å². The fraction of sp³-hybridized carbons (Fsp3) is 0.385. The third-order valence-electron chi connectivity index (χ3n) is 2.64. The van der Waals surface area contributed by atoms with Crippen molar-refractivity contribution in [3.05, 3.63) is 23.8 Å². The molecule has 2 rings (SSSR count). The summed E-state index contributed by atoms with van der Waals surface area (Å²) in [7, 11) is 0. The standard InChI is InChI=1S/C13H14N2O3/c14-6-1-2-13(16)15-7-5-10-3-4-11-12(8-10)18-9-17-11/h3-4,8H,1-2,5,7,9H2,(H,15,16). The van der Waals surface area contributed by atoms with Crippen LogP contribution in [0.1, 0.15) is 18.4 Å². The van der Waals surface area contributed by atoms with Crippen molar-refractivity contribution in [1.82, 2.24) is 5.32 Å². The second-order valence-electron chi connectivity index (χ2n) is 3.95. The number of carbonyl (C=O) groups excluding carboxylic acids is 1. The smallest absolute Gasteiger partial charge is 0.231 e. The van der Waals surface area contributed by atoms with Crippen molar-refractivity contribution in [1.29, 1.82) is 5.26 Å². The lowest BCUT2D eigenvalue weighted by Gasteiger charge is -2.05. The average molecular weight is 246 g/mol. The minimum atomic E-state index is -0.0858. The van der Waals surface area contributed by atoms with E-state index in [1.807, 2.05) is 24.3 Å². The summed E-state index contributed by atoms with van der Waals surface area (Å²) < 4.78 is 10.5. The van der Waals surface area contributed by atoms with Crippen LogP contribution in [0.25, 0.3) is 0 Å². The second-order valence-corrected chi connectivity index (χ2v) is 3.95. The predicted molar refractivity (Wildman–Crippen MR) is 64.1 cm³/mol. The van der Waals surface area contributed by atoms with Gasteiger partial charge >= 0.3 is 0 Å². The van der Waals surface area contributed by atoms with E-state index in [9.17, 15) is 4.79 Å². The maximum atomic E-state index is 11.3. The monoisotopic (exact) mass is 246 g/mol. The van der Waals surface area contributed by atoms with Crippen molar-refractivity contribution >= 4 is 5.91 Å². The summed E-state index contributed by atoms with van der Waals surface area (Å²) in [5, 5.41) is 11.1. The Kier molecular flexibility index (Phi) is 4.02. The Morgan fingerprint density at radius 1 is 1.39 bits per heavy atom. The molecule has 1 heterocycles. The molecule has 1 amide bonds. The fourth-order valence-electron chi connectivity index (χ4n) is 1.70. The molecule has 0 saturated carbocycles. The number of nitrogens with one attached hydrogen (secondary N) is 1. The van der Waals surface area contributed by atoms with Gasteiger partial charge in [0, 0.05) is 19.4 Å². The summed E-state index contributed by atoms with van der Waals surface area (Å²) in [6, 6.07) is 7.69. The Bertz CT molecular complexity index is 480. The molecule has 0 radical (unpaired) electrons. The third kappa shape index (κ3) is 3.14. The van der Waals surface area contributed by atoms with Gasteiger partial charge in [0.2, 0.25) is 12.7 Å². The number of amides is 1. The van der Waals surface area contributed by atoms with Gasteiger partial charge < -0.3 is 14.8 Å². The summed E-state index contributed by atoms with van der Waals surface area (Å²) >= 11 is 0. The highest BCUT2D eigenvalue weighted by atomic mass is 16.7. The Labute approximate surface area is 105 Å². The van der Waals surface area contributed by atoms with Gasteiger partial charge in [0.1, 0.15) is 0 Å². The van der Waals surface area contributed by atoms with E-state index in [4.69, 9.17) is 14.7 Å². The molecule has 5 nitrogen and oxygen atoms in total. The molecule has 0 spiro atoms. The first-order valence-corrected chi connectivity index (χ1v) is 5.82. The lowest BCUT2D eigenvalue weighted by molar-refractivity contribution is -0.120. The summed E-state index contributed by atoms with van der Waals surface area (Å²) in [5.74, 6) is 1.43. The van der Waals surface area contributed by atoms with Crippen LogP contribution >= 0.6 is 0 Å². The molecule has 1 aromatic rings. The predicted octanol–water partition coefficient (Wildman–Crippen LogP) is 1.38. The number of carbonyl (C=O) groups is 1. The van der Waals surface area contributed by atoms with Gasteiger partial charge in [0.15, 0.2) is 11.5 Å². The van der Waals surface area contributed by atoms with Crippen LogP contribution < -0.4 is 14.8 Å². The quantitative estimate of drug-likeness (QED) is 0.852. The topological polar surface area (TPSA) is 71.4 Å². The Hall–Kier alpha value is -2.22. The Balaban J connectivity index is 1.77. The first-order chi connectivity index (χ1) is 8.79. The second kappa shape index (κ2) is 5.92. The van der Waals surface area contributed by atoms with Crippen molar-refractivity contribution in [2.45, 2.75) is 19.3 Å². The SMILES string of the molecule is N#CCCC(=O)NCCc1ccc2c(c1)OCO2. The van der Waals surface area contributed by atoms with Gasteiger partial charge in [0.05, 0.1) is 6.07 Å². The van der Waals surface area contributed by atoms with E-state index in [0.717, 1.165) is 23.5 Å². The molecule has 18 heavy (non-hydrogen) atoms. The van der Waals surface area contributed by atoms with E-state index in [2.05, 4.69) is 5.32 Å². The summed E-state index contributed by atoms with van der Waals surface area (Å²) in [5.41, 5.74) is 1.08. The van der Waals surface area contributed by atoms with Crippen LogP contribution in [-0.4, -0.2) is 19.2 Å². The molecule has 94 valence electrons. The molecule has 0 bridgehead atoms. The maximum absolute atomic E-state index is 11.3. The Morgan fingerprint density at radius 3 is 3.06 bits per heavy atom. The lowest BCUT2D eigenvalue weighted by Crippen LogP contribution is -2.25. The number of benzene rings is 1. The molecule has 1 aliphatic heterocycles. The van der Waals surface area contributed by atoms with Crippen LogP contribution in [0.3, 0.4) is 0 Å². The minimum Gasteiger partial charge on any atom is -0.454 e. The highest BCUT2D eigenvalue weighted by molar-refractivity contribution is 5.76. The average Bonchev–Trinajstić information content (AvgIpc) is 2.83. The van der Waals surface area contributed by atoms with Gasteiger partial charge in [-0.1, -0.05) is 6.07 Å². The molecule has 0 aromatic heterocycles. The largest absolute Gasteiger partial charge is 0.454 e. The first-order valence-electron chi connectivity index (χ1n) is 5.82. The molecule has 0 unspecified atom stereocenters. The van der Waals surface area contributed by atoms with Gasteiger partial charge in [-0.2, -0.15) is 5.26 Å². The van der Waals surface area contributed by atoms with Crippen LogP contribution in [0.4, 0.5) is 0 Å². The molecular formula is C13H14N2O3. The number of nitrogens with zero attached hydrogens (tertiary/aromatic N) is 1. The number of nitriles is 1. The van der Waals surface area contributed by atoms with Crippen molar-refractivity contribution in [3.8, 4) is 17.6 Å². The van der Waals surface area contributed by atoms with Crippen molar-refractivity contribution in [2.75, 3.05) is 13.3 Å². The minimum absolute atomic E-state index is 0.0858. The van der Waals surface area contributed by atoms with Crippen LogP contribution in [0, 0.1) is 11.3 Å². The maximum Gasteiger partial charge on any atom is 0.231 e. The Morgan fingerprint density at radius 2 is 2.22 bits per heavy atom. The summed E-state index contributed by atoms with van der Waals surface area (Å²) in [6.45, 7) is 0.827. The van der Waals surface area contributed by atoms with E-state index < -0.39 is 0 Å². The van der Waals surface area contributed by atoms with Gasteiger partial charge in [-0.3, -0.25) is 4.79 Å². The third-order valence-corrected chi connectivity index (χ3v) is 2.64. The van der Waals surface area contributed by atoms with Gasteiger partial charge in [-0.25, -0.2) is 0 Å². The van der Waals surface area contributed by atoms with Crippen molar-refractivity contribution in [3.63, 3.8) is 0 Å². The number of rotatable bonds is 5. The van der Waals surface area contributed by atoms with E-state index in [1.54, 1.807) is 0 Å². The molecule has 1 N–H and O–H groups in total. The van der Waals surface area contributed by atoms with Gasteiger partial charge in [-0.15, -0.1) is 0 Å². The normalized spacial score (nSPS) is 11.9. The molecule has 5 heteroatoms. The molecule has 1 aromatic carbocycles. The number of fused-ring (bicyclic) bond motifs is 1. The number of ether oxygens (including phenoxy) is 2. The van der Waals surface area contributed by atoms with E-state index in [-0.39, 0.29) is 25.5 Å². The molecule has 0 fully saturated rings. The molecule has 0 atom stereocenters. The summed E-state index contributed by atoms with van der Waals surface area (Å²) in [6.07, 6.45) is 1.25. The lowest BCUT2D eigenvalue weighted by atomic mass is 10.1. The highest BCUT2D eigenvalue weighted by Crippen LogP contribution is 2.32. The summed E-state index contributed by atoms with van der Waals surface area (Å²) in [4.78, 5) is 11.3. The number of hydrogen-bond acceptors (Lipinski definition) is 4. The van der Waals surface area contributed by atoms with Crippen molar-refractivity contribution < 1.29 is 14.3 Å². The van der Waals surface area contributed by atoms with E-state index in [0.29, 0.717) is 6.54 Å². The zero-order valence-corrected chi connectivity index (χ0v) is 9.94. The highest BCUT2D eigenvalue weighted by Gasteiger charge is 2.12. The number of hydrogen-bond donors (Lipinski definition) is 1. The van der Waals surface area contributed by atoms with Crippen LogP contribution in [-0.2, 0) is 11.2 Å². The van der Waals surface area contributed by atoms with Crippen molar-refractivity contribution in [2.24, 2.45) is 0 Å². The zero-order chi connectivity index (χ0) is 12.8. The van der Waals surface area contributed by atoms with Gasteiger partial charge in [-0.05, 0) is 24.1 Å². The molecular weight excluding hydrogens is 232 g/mol. The van der Waals surface area contributed by atoms with Gasteiger partial charge in [0.25, 0.3) is 0 Å². The van der Waals surface area contributed by atoms with Crippen LogP contribution in [0.5, 0.6) is 11.5 Å². The molecule has 1 aliphatic rings. The fourth-order valence-corrected chi connectivity index (χ4v) is 1.70. The molecule has 0 saturated heterocycles. The van der Waals surface area contributed by atoms with Crippen LogP contribution in [0.2, 0.25) is 0 Å². The first kappa shape index (κ1) is 12.2. The van der Waals surface area contributed by atoms with Crippen LogP contribution in [0.15, 0.2) is 18.2 Å². The zero-order valence-electron chi connectivity index (χ0n) is 9.94.